The lowest BCUT2D eigenvalue weighted by Gasteiger charge is -2.16. The Balaban J connectivity index is 2.85. The first-order valence-corrected chi connectivity index (χ1v) is 7.51. The fraction of sp³-hybridized carbons (Fsp3) is 0.412. The fourth-order valence-corrected chi connectivity index (χ4v) is 2.02. The van der Waals surface area contributed by atoms with Crippen molar-refractivity contribution in [3.05, 3.63) is 35.4 Å². The first-order valence-electron chi connectivity index (χ1n) is 7.51. The quantitative estimate of drug-likeness (QED) is 0.723. The molecule has 1 aromatic carbocycles. The maximum atomic E-state index is 12.3. The molecule has 0 bridgehead atoms. The van der Waals surface area contributed by atoms with Crippen LogP contribution in [0.25, 0.3) is 0 Å². The van der Waals surface area contributed by atoms with E-state index in [1.165, 1.54) is 38.5 Å². The van der Waals surface area contributed by atoms with Gasteiger partial charge in [-0.1, -0.05) is 13.0 Å². The molecular formula is C17H21NO6. The summed E-state index contributed by atoms with van der Waals surface area (Å²) in [5.74, 6) is -1.75. The molecule has 0 aliphatic heterocycles. The van der Waals surface area contributed by atoms with E-state index in [2.05, 4.69) is 14.8 Å². The monoisotopic (exact) mass is 335 g/mol. The molecule has 1 rings (SSSR count). The summed E-state index contributed by atoms with van der Waals surface area (Å²) >= 11 is 0. The highest BCUT2D eigenvalue weighted by Crippen LogP contribution is 2.09. The Kier molecular flexibility index (Phi) is 7.61. The third kappa shape index (κ3) is 5.49. The van der Waals surface area contributed by atoms with Crippen LogP contribution in [0.15, 0.2) is 24.3 Å². The van der Waals surface area contributed by atoms with Gasteiger partial charge in [-0.3, -0.25) is 9.59 Å². The molecule has 0 saturated carbocycles. The molecule has 0 heterocycles. The lowest BCUT2D eigenvalue weighted by Crippen LogP contribution is -2.41. The summed E-state index contributed by atoms with van der Waals surface area (Å²) in [7, 11) is 2.45. The molecule has 0 aliphatic carbocycles. The third-order valence-corrected chi connectivity index (χ3v) is 3.44. The van der Waals surface area contributed by atoms with E-state index < -0.39 is 23.9 Å². The third-order valence-electron chi connectivity index (χ3n) is 3.44. The second-order valence-electron chi connectivity index (χ2n) is 5.05. The molecule has 7 heteroatoms. The normalized spacial score (nSPS) is 11.3. The molecule has 0 unspecified atom stereocenters. The second kappa shape index (κ2) is 9.44. The Morgan fingerprint density at radius 1 is 1.08 bits per heavy atom. The maximum absolute atomic E-state index is 12.3. The van der Waals surface area contributed by atoms with Gasteiger partial charge in [-0.2, -0.15) is 0 Å². The minimum absolute atomic E-state index is 0.00848. The zero-order valence-electron chi connectivity index (χ0n) is 14.0. The fourth-order valence-electron chi connectivity index (χ4n) is 2.02. The van der Waals surface area contributed by atoms with Gasteiger partial charge in [-0.05, 0) is 24.6 Å². The Bertz CT molecular complexity index is 625. The van der Waals surface area contributed by atoms with Gasteiger partial charge in [-0.25, -0.2) is 9.59 Å². The van der Waals surface area contributed by atoms with Crippen molar-refractivity contribution in [1.29, 1.82) is 0 Å². The number of amides is 1. The van der Waals surface area contributed by atoms with Crippen LogP contribution < -0.4 is 5.32 Å². The molecule has 24 heavy (non-hydrogen) atoms. The molecule has 1 aromatic rings. The number of benzene rings is 1. The lowest BCUT2D eigenvalue weighted by molar-refractivity contribution is -0.143. The predicted molar refractivity (Wildman–Crippen MR) is 85.6 cm³/mol. The summed E-state index contributed by atoms with van der Waals surface area (Å²) in [4.78, 5) is 47.0. The van der Waals surface area contributed by atoms with Gasteiger partial charge >= 0.3 is 11.9 Å². The molecule has 1 N–H and O–H groups in total. The molecule has 0 aliphatic rings. The molecule has 0 aromatic heterocycles. The van der Waals surface area contributed by atoms with Gasteiger partial charge in [0.05, 0.1) is 19.8 Å². The zero-order chi connectivity index (χ0) is 18.1. The summed E-state index contributed by atoms with van der Waals surface area (Å²) in [6.07, 6.45) is 0.684. The number of ether oxygens (including phenoxy) is 2. The average Bonchev–Trinajstić information content (AvgIpc) is 2.63. The Morgan fingerprint density at radius 2 is 1.75 bits per heavy atom. The molecule has 0 fully saturated rings. The smallest absolute Gasteiger partial charge is 0.337 e. The van der Waals surface area contributed by atoms with E-state index in [1.807, 2.05) is 0 Å². The predicted octanol–water partition coefficient (Wildman–Crippen LogP) is 1.50. The van der Waals surface area contributed by atoms with Gasteiger partial charge in [0.1, 0.15) is 11.8 Å². The summed E-state index contributed by atoms with van der Waals surface area (Å²) < 4.78 is 9.26. The number of esters is 2. The Hall–Kier alpha value is -2.70. The number of carbonyl (C=O) groups is 4. The molecule has 0 radical (unpaired) electrons. The number of Topliss-reactive ketones (excluding diaryl/α,β-unsaturated/α-hetero) is 1. The lowest BCUT2D eigenvalue weighted by atomic mass is 10.1. The van der Waals surface area contributed by atoms with Crippen LogP contribution in [0.4, 0.5) is 0 Å². The van der Waals surface area contributed by atoms with Crippen molar-refractivity contribution in [1.82, 2.24) is 5.32 Å². The second-order valence-corrected chi connectivity index (χ2v) is 5.05. The van der Waals surface area contributed by atoms with Crippen LogP contribution in [0.5, 0.6) is 0 Å². The van der Waals surface area contributed by atoms with E-state index in [1.54, 1.807) is 6.92 Å². The maximum Gasteiger partial charge on any atom is 0.337 e. The standard InChI is InChI=1S/C17H21NO6/c1-4-13(19)8-9-14(17(22)24-3)18-15(20)11-6-5-7-12(10-11)16(21)23-2/h5-7,10,14H,4,8-9H2,1-3H3,(H,18,20)/t14-/m1/s1. The van der Waals surface area contributed by atoms with Crippen molar-refractivity contribution >= 4 is 23.6 Å². The van der Waals surface area contributed by atoms with Crippen LogP contribution in [0.3, 0.4) is 0 Å². The van der Waals surface area contributed by atoms with Gasteiger partial charge < -0.3 is 14.8 Å². The Morgan fingerprint density at radius 3 is 2.33 bits per heavy atom. The first kappa shape index (κ1) is 19.3. The molecule has 0 saturated heterocycles. The molecule has 130 valence electrons. The van der Waals surface area contributed by atoms with Crippen molar-refractivity contribution < 1.29 is 28.7 Å². The molecule has 0 spiro atoms. The highest BCUT2D eigenvalue weighted by Gasteiger charge is 2.23. The van der Waals surface area contributed by atoms with Gasteiger partial charge in [0, 0.05) is 18.4 Å². The van der Waals surface area contributed by atoms with Crippen molar-refractivity contribution in [2.45, 2.75) is 32.2 Å². The minimum Gasteiger partial charge on any atom is -0.467 e. The van der Waals surface area contributed by atoms with Crippen LogP contribution in [0.1, 0.15) is 46.9 Å². The van der Waals surface area contributed by atoms with Crippen LogP contribution in [0.2, 0.25) is 0 Å². The number of hydrogen-bond acceptors (Lipinski definition) is 6. The number of rotatable bonds is 8. The number of carbonyl (C=O) groups excluding carboxylic acids is 4. The van der Waals surface area contributed by atoms with Crippen molar-refractivity contribution in [3.63, 3.8) is 0 Å². The van der Waals surface area contributed by atoms with E-state index in [0.29, 0.717) is 6.42 Å². The minimum atomic E-state index is -0.931. The number of nitrogens with one attached hydrogen (secondary N) is 1. The van der Waals surface area contributed by atoms with Crippen LogP contribution in [0, 0.1) is 0 Å². The number of methoxy groups -OCH3 is 2. The van der Waals surface area contributed by atoms with Crippen LogP contribution in [-0.4, -0.2) is 43.9 Å². The highest BCUT2D eigenvalue weighted by molar-refractivity contribution is 5.99. The average molecular weight is 335 g/mol. The summed E-state index contributed by atoms with van der Waals surface area (Å²) in [5.41, 5.74) is 0.426. The van der Waals surface area contributed by atoms with Gasteiger partial charge in [-0.15, -0.1) is 0 Å². The van der Waals surface area contributed by atoms with E-state index in [4.69, 9.17) is 0 Å². The summed E-state index contributed by atoms with van der Waals surface area (Å²) in [5, 5.41) is 2.53. The van der Waals surface area contributed by atoms with Crippen LogP contribution in [-0.2, 0) is 19.1 Å². The molecule has 1 atom stereocenters. The highest BCUT2D eigenvalue weighted by atomic mass is 16.5. The van der Waals surface area contributed by atoms with E-state index in [0.717, 1.165) is 0 Å². The molecule has 1 amide bonds. The molecule has 7 nitrogen and oxygen atoms in total. The van der Waals surface area contributed by atoms with Crippen molar-refractivity contribution in [2.24, 2.45) is 0 Å². The van der Waals surface area contributed by atoms with Crippen molar-refractivity contribution in [2.75, 3.05) is 14.2 Å². The molecular weight excluding hydrogens is 314 g/mol. The summed E-state index contributed by atoms with van der Waals surface area (Å²) in [6, 6.07) is 5.00. The zero-order valence-corrected chi connectivity index (χ0v) is 14.0. The largest absolute Gasteiger partial charge is 0.467 e. The van der Waals surface area contributed by atoms with Crippen molar-refractivity contribution in [3.8, 4) is 0 Å². The number of hydrogen-bond donors (Lipinski definition) is 1. The van der Waals surface area contributed by atoms with E-state index in [9.17, 15) is 19.2 Å². The first-order chi connectivity index (χ1) is 11.4. The Labute approximate surface area is 140 Å². The van der Waals surface area contributed by atoms with Gasteiger partial charge in [0.2, 0.25) is 0 Å². The van der Waals surface area contributed by atoms with Gasteiger partial charge in [0.15, 0.2) is 0 Å². The topological polar surface area (TPSA) is 98.8 Å². The number of ketones is 1. The van der Waals surface area contributed by atoms with Crippen LogP contribution >= 0.6 is 0 Å². The summed E-state index contributed by atoms with van der Waals surface area (Å²) in [6.45, 7) is 1.73. The SMILES string of the molecule is CCC(=O)CC[C@@H](NC(=O)c1cccc(C(=O)OC)c1)C(=O)OC. The van der Waals surface area contributed by atoms with E-state index in [-0.39, 0.29) is 29.8 Å². The van der Waals surface area contributed by atoms with Gasteiger partial charge in [0.25, 0.3) is 5.91 Å². The van der Waals surface area contributed by atoms with E-state index >= 15 is 0 Å².